The van der Waals surface area contributed by atoms with Gasteiger partial charge >= 0.3 is 0 Å². The quantitative estimate of drug-likeness (QED) is 0.721. The Kier molecular flexibility index (Phi) is 6.89. The molecule has 170 valence electrons. The molecule has 6 nitrogen and oxygen atoms in total. The number of morpholine rings is 1. The smallest absolute Gasteiger partial charge is 0.256 e. The zero-order chi connectivity index (χ0) is 22.6. The second kappa shape index (κ2) is 9.82. The lowest BCUT2D eigenvalue weighted by Gasteiger charge is -2.44. The maximum Gasteiger partial charge on any atom is 0.256 e. The predicted molar refractivity (Wildman–Crippen MR) is 124 cm³/mol. The van der Waals surface area contributed by atoms with Crippen LogP contribution in [0.5, 0.6) is 0 Å². The molecule has 1 aliphatic heterocycles. The molecular formula is C26H33N3O3. The first-order valence-corrected chi connectivity index (χ1v) is 11.6. The number of benzene rings is 1. The third-order valence-electron chi connectivity index (χ3n) is 6.66. The fourth-order valence-corrected chi connectivity index (χ4v) is 5.02. The van der Waals surface area contributed by atoms with Crippen molar-refractivity contribution in [3.8, 4) is 11.1 Å². The summed E-state index contributed by atoms with van der Waals surface area (Å²) in [7, 11) is 3.50. The molecule has 1 aromatic carbocycles. The van der Waals surface area contributed by atoms with E-state index < -0.39 is 5.60 Å². The number of carbonyl (C=O) groups excluding carboxylic acids is 2. The van der Waals surface area contributed by atoms with E-state index in [1.54, 1.807) is 25.2 Å². The van der Waals surface area contributed by atoms with Crippen molar-refractivity contribution < 1.29 is 14.3 Å². The van der Waals surface area contributed by atoms with Crippen LogP contribution in [0.2, 0.25) is 0 Å². The van der Waals surface area contributed by atoms with E-state index in [2.05, 4.69) is 11.1 Å². The average molecular weight is 436 g/mol. The molecule has 2 aliphatic rings. The number of ether oxygens (including phenoxy) is 1. The fourth-order valence-electron chi connectivity index (χ4n) is 5.02. The molecule has 1 unspecified atom stereocenters. The van der Waals surface area contributed by atoms with Crippen molar-refractivity contribution in [2.24, 2.45) is 5.92 Å². The van der Waals surface area contributed by atoms with Crippen LogP contribution in [0, 0.1) is 5.92 Å². The van der Waals surface area contributed by atoms with Gasteiger partial charge in [0.1, 0.15) is 0 Å². The molecule has 1 atom stereocenters. The number of hydrogen-bond acceptors (Lipinski definition) is 4. The topological polar surface area (TPSA) is 62.7 Å². The van der Waals surface area contributed by atoms with Crippen molar-refractivity contribution in [3.63, 3.8) is 0 Å². The molecule has 2 fully saturated rings. The third-order valence-corrected chi connectivity index (χ3v) is 6.66. The number of aromatic nitrogens is 1. The van der Waals surface area contributed by atoms with Gasteiger partial charge in [-0.2, -0.15) is 0 Å². The SMILES string of the molecule is CN(C)C(=O)C1(Cc2cccc(-c3cccnc3)c2)CN(C(=O)C2CCCCC2)CCO1. The summed E-state index contributed by atoms with van der Waals surface area (Å²) in [5.41, 5.74) is 2.02. The summed E-state index contributed by atoms with van der Waals surface area (Å²) in [6.45, 7) is 1.23. The molecule has 0 N–H and O–H groups in total. The Morgan fingerprint density at radius 2 is 1.91 bits per heavy atom. The first-order valence-electron chi connectivity index (χ1n) is 11.6. The van der Waals surface area contributed by atoms with Crippen LogP contribution in [-0.2, 0) is 20.7 Å². The molecule has 0 spiro atoms. The standard InChI is InChI=1S/C26H33N3O3/c1-28(2)25(31)26(17-20-8-6-11-22(16-20)23-12-7-13-27-18-23)19-29(14-15-32-26)24(30)21-9-4-3-5-10-21/h6-8,11-13,16,18,21H,3-5,9-10,14-15,17,19H2,1-2H3. The third kappa shape index (κ3) is 4.85. The lowest BCUT2D eigenvalue weighted by Crippen LogP contribution is -2.62. The molecule has 1 aliphatic carbocycles. The molecule has 0 radical (unpaired) electrons. The van der Waals surface area contributed by atoms with Crippen molar-refractivity contribution in [2.45, 2.75) is 44.1 Å². The number of likely N-dealkylation sites (N-methyl/N-ethyl adjacent to an activating group) is 1. The van der Waals surface area contributed by atoms with Crippen LogP contribution in [0.1, 0.15) is 37.7 Å². The zero-order valence-electron chi connectivity index (χ0n) is 19.1. The Bertz CT molecular complexity index is 940. The van der Waals surface area contributed by atoms with Gasteiger partial charge in [-0.05, 0) is 35.6 Å². The minimum Gasteiger partial charge on any atom is -0.361 e. The highest BCUT2D eigenvalue weighted by Crippen LogP contribution is 2.31. The predicted octanol–water partition coefficient (Wildman–Crippen LogP) is 3.56. The summed E-state index contributed by atoms with van der Waals surface area (Å²) in [5, 5.41) is 0. The van der Waals surface area contributed by atoms with Gasteiger partial charge in [-0.1, -0.05) is 49.6 Å². The molecule has 1 saturated carbocycles. The van der Waals surface area contributed by atoms with E-state index in [1.165, 1.54) is 6.42 Å². The van der Waals surface area contributed by atoms with E-state index in [9.17, 15) is 9.59 Å². The van der Waals surface area contributed by atoms with Crippen LogP contribution >= 0.6 is 0 Å². The highest BCUT2D eigenvalue weighted by molar-refractivity contribution is 5.87. The van der Waals surface area contributed by atoms with Gasteiger partial charge in [0.2, 0.25) is 5.91 Å². The lowest BCUT2D eigenvalue weighted by atomic mass is 9.86. The van der Waals surface area contributed by atoms with Gasteiger partial charge in [-0.15, -0.1) is 0 Å². The first-order chi connectivity index (χ1) is 15.5. The van der Waals surface area contributed by atoms with Gasteiger partial charge in [-0.3, -0.25) is 14.6 Å². The monoisotopic (exact) mass is 435 g/mol. The number of rotatable bonds is 5. The Morgan fingerprint density at radius 3 is 2.62 bits per heavy atom. The summed E-state index contributed by atoms with van der Waals surface area (Å²) in [6, 6.07) is 12.1. The Balaban J connectivity index is 1.59. The lowest BCUT2D eigenvalue weighted by molar-refractivity contribution is -0.174. The van der Waals surface area contributed by atoms with E-state index in [-0.39, 0.29) is 17.7 Å². The van der Waals surface area contributed by atoms with Crippen molar-refractivity contribution in [1.82, 2.24) is 14.8 Å². The number of carbonyl (C=O) groups is 2. The first kappa shape index (κ1) is 22.5. The van der Waals surface area contributed by atoms with Crippen LogP contribution in [0.3, 0.4) is 0 Å². The summed E-state index contributed by atoms with van der Waals surface area (Å²) >= 11 is 0. The minimum absolute atomic E-state index is 0.0860. The van der Waals surface area contributed by atoms with E-state index in [4.69, 9.17) is 4.74 Å². The van der Waals surface area contributed by atoms with E-state index in [1.807, 2.05) is 41.4 Å². The van der Waals surface area contributed by atoms with Crippen molar-refractivity contribution in [2.75, 3.05) is 33.8 Å². The molecule has 4 rings (SSSR count). The van der Waals surface area contributed by atoms with Gasteiger partial charge in [-0.25, -0.2) is 0 Å². The Labute approximate surface area is 190 Å². The molecule has 2 aromatic rings. The average Bonchev–Trinajstić information content (AvgIpc) is 2.84. The molecule has 2 heterocycles. The van der Waals surface area contributed by atoms with Crippen LogP contribution in [0.25, 0.3) is 11.1 Å². The maximum atomic E-state index is 13.4. The van der Waals surface area contributed by atoms with Gasteiger partial charge in [0.25, 0.3) is 5.91 Å². The number of amides is 2. The molecule has 2 amide bonds. The fraction of sp³-hybridized carbons (Fsp3) is 0.500. The van der Waals surface area contributed by atoms with Gasteiger partial charge in [0, 0.05) is 45.4 Å². The second-order valence-corrected chi connectivity index (χ2v) is 9.26. The maximum absolute atomic E-state index is 13.4. The van der Waals surface area contributed by atoms with Crippen LogP contribution < -0.4 is 0 Å². The zero-order valence-corrected chi connectivity index (χ0v) is 19.1. The van der Waals surface area contributed by atoms with Crippen molar-refractivity contribution in [3.05, 3.63) is 54.4 Å². The molecule has 0 bridgehead atoms. The van der Waals surface area contributed by atoms with Crippen molar-refractivity contribution in [1.29, 1.82) is 0 Å². The summed E-state index contributed by atoms with van der Waals surface area (Å²) in [4.78, 5) is 34.3. The Morgan fingerprint density at radius 1 is 1.12 bits per heavy atom. The highest BCUT2D eigenvalue weighted by atomic mass is 16.5. The Hall–Kier alpha value is -2.73. The van der Waals surface area contributed by atoms with E-state index >= 15 is 0 Å². The van der Waals surface area contributed by atoms with Crippen LogP contribution in [-0.4, -0.2) is 66.0 Å². The van der Waals surface area contributed by atoms with E-state index in [0.29, 0.717) is 26.1 Å². The minimum atomic E-state index is -1.07. The molecule has 1 aromatic heterocycles. The van der Waals surface area contributed by atoms with Gasteiger partial charge in [0.15, 0.2) is 5.60 Å². The molecule has 32 heavy (non-hydrogen) atoms. The van der Waals surface area contributed by atoms with Crippen LogP contribution in [0.4, 0.5) is 0 Å². The normalized spacial score (nSPS) is 21.9. The van der Waals surface area contributed by atoms with E-state index in [0.717, 1.165) is 42.4 Å². The highest BCUT2D eigenvalue weighted by Gasteiger charge is 2.46. The number of pyridine rings is 1. The molecule has 6 heteroatoms. The van der Waals surface area contributed by atoms with Gasteiger partial charge < -0.3 is 14.5 Å². The number of nitrogens with zero attached hydrogens (tertiary/aromatic N) is 3. The molecule has 1 saturated heterocycles. The number of hydrogen-bond donors (Lipinski definition) is 0. The summed E-state index contributed by atoms with van der Waals surface area (Å²) in [6.07, 6.45) is 9.37. The summed E-state index contributed by atoms with van der Waals surface area (Å²) < 4.78 is 6.21. The largest absolute Gasteiger partial charge is 0.361 e. The second-order valence-electron chi connectivity index (χ2n) is 9.26. The van der Waals surface area contributed by atoms with Crippen LogP contribution in [0.15, 0.2) is 48.8 Å². The molecular weight excluding hydrogens is 402 g/mol. The van der Waals surface area contributed by atoms with Gasteiger partial charge in [0.05, 0.1) is 13.2 Å². The van der Waals surface area contributed by atoms with Crippen molar-refractivity contribution >= 4 is 11.8 Å². The summed E-state index contributed by atoms with van der Waals surface area (Å²) in [5.74, 6) is 0.182.